The van der Waals surface area contributed by atoms with Gasteiger partial charge in [0.2, 0.25) is 0 Å². The van der Waals surface area contributed by atoms with Crippen molar-refractivity contribution in [1.82, 2.24) is 0 Å². The van der Waals surface area contributed by atoms with E-state index < -0.39 is 59.8 Å². The van der Waals surface area contributed by atoms with Crippen molar-refractivity contribution in [1.29, 1.82) is 0 Å². The lowest BCUT2D eigenvalue weighted by molar-refractivity contribution is -0.301. The first-order valence-corrected chi connectivity index (χ1v) is 24.1. The summed E-state index contributed by atoms with van der Waals surface area (Å²) in [5.74, 6) is -0.415. The fourth-order valence-corrected chi connectivity index (χ4v) is 7.26. The van der Waals surface area contributed by atoms with E-state index >= 15 is 0 Å². The number of carbonyl (C=O) groups is 1. The Bertz CT molecular complexity index is 1160. The molecule has 4 N–H and O–H groups in total. The van der Waals surface area contributed by atoms with E-state index in [-0.39, 0.29) is 19.6 Å². The molecule has 1 aliphatic rings. The lowest BCUT2D eigenvalue weighted by Crippen LogP contribution is -2.60. The van der Waals surface area contributed by atoms with Crippen LogP contribution >= 0.6 is 0 Å². The van der Waals surface area contributed by atoms with Gasteiger partial charge in [-0.05, 0) is 70.6 Å². The van der Waals surface area contributed by atoms with Gasteiger partial charge in [0.1, 0.15) is 30.5 Å². The van der Waals surface area contributed by atoms with Crippen molar-refractivity contribution in [2.24, 2.45) is 0 Å². The summed E-state index contributed by atoms with van der Waals surface area (Å²) < 4.78 is 59.0. The quantitative estimate of drug-likeness (QED) is 0.0200. The SMILES string of the molecule is CCCCCC/C=C\C/C=C\CCCCCCCC(=O)OC(COCCCCCCCC/C=C\CCCCCCC)COC1OC(CO)C(O)C(OS(=O)(=O)O)C1O. The van der Waals surface area contributed by atoms with Crippen LogP contribution in [0.4, 0.5) is 0 Å². The molecule has 1 heterocycles. The lowest BCUT2D eigenvalue weighted by atomic mass is 9.99. The summed E-state index contributed by atoms with van der Waals surface area (Å²) in [6.07, 6.45) is 33.1. The van der Waals surface area contributed by atoms with E-state index in [9.17, 15) is 28.5 Å². The minimum Gasteiger partial charge on any atom is -0.457 e. The van der Waals surface area contributed by atoms with Gasteiger partial charge in [0, 0.05) is 13.0 Å². The maximum absolute atomic E-state index is 12.8. The topological polar surface area (TPSA) is 178 Å². The van der Waals surface area contributed by atoms with Crippen LogP contribution in [-0.2, 0) is 38.3 Å². The lowest BCUT2D eigenvalue weighted by Gasteiger charge is -2.41. The fraction of sp³-hybridized carbons (Fsp3) is 0.844. The number of unbranched alkanes of at least 4 members (excludes halogenated alkanes) is 20. The fourth-order valence-electron chi connectivity index (χ4n) is 6.76. The minimum atomic E-state index is -5.06. The first-order valence-electron chi connectivity index (χ1n) is 22.7. The third-order valence-corrected chi connectivity index (χ3v) is 10.7. The number of esters is 1. The summed E-state index contributed by atoms with van der Waals surface area (Å²) >= 11 is 0. The highest BCUT2D eigenvalue weighted by Gasteiger charge is 2.48. The zero-order valence-corrected chi connectivity index (χ0v) is 36.9. The van der Waals surface area contributed by atoms with Gasteiger partial charge in [0.25, 0.3) is 0 Å². The van der Waals surface area contributed by atoms with Crippen molar-refractivity contribution in [2.75, 3.05) is 26.4 Å². The molecule has 0 amide bonds. The molecule has 58 heavy (non-hydrogen) atoms. The Morgan fingerprint density at radius 2 is 1.14 bits per heavy atom. The Kier molecular flexibility index (Phi) is 34.8. The highest BCUT2D eigenvalue weighted by atomic mass is 32.3. The normalized spacial score (nSPS) is 20.8. The standard InChI is InChI=1S/C45H82O12S/c1-3-5-7-9-11-13-15-17-19-20-22-24-26-28-30-32-34-41(47)55-39(38-54-45-43(49)44(57-58(50,51)52)42(48)40(36-46)56-45)37-53-35-33-31-29-27-25-23-21-18-16-14-12-10-8-6-4-2/h13,15-16,18-20,39-40,42-46,48-49H,3-12,14,17,21-38H2,1-2H3,(H,50,51,52)/b15-13-,18-16-,20-19-. The van der Waals surface area contributed by atoms with Crippen LogP contribution < -0.4 is 0 Å². The average Bonchev–Trinajstić information content (AvgIpc) is 3.19. The molecule has 12 nitrogen and oxygen atoms in total. The molecule has 1 fully saturated rings. The second-order valence-corrected chi connectivity index (χ2v) is 16.7. The predicted octanol–water partition coefficient (Wildman–Crippen LogP) is 9.41. The van der Waals surface area contributed by atoms with Crippen molar-refractivity contribution in [3.05, 3.63) is 36.5 Å². The molecule has 0 aromatic heterocycles. The van der Waals surface area contributed by atoms with Crippen LogP contribution in [0.2, 0.25) is 0 Å². The maximum atomic E-state index is 12.8. The maximum Gasteiger partial charge on any atom is 0.397 e. The number of carbonyl (C=O) groups excluding carboxylic acids is 1. The van der Waals surface area contributed by atoms with Gasteiger partial charge in [0.15, 0.2) is 6.29 Å². The molecular weight excluding hydrogens is 765 g/mol. The molecule has 1 aliphatic heterocycles. The number of aliphatic hydroxyl groups excluding tert-OH is 3. The highest BCUT2D eigenvalue weighted by Crippen LogP contribution is 2.26. The molecular formula is C45H82O12S. The highest BCUT2D eigenvalue weighted by molar-refractivity contribution is 7.80. The van der Waals surface area contributed by atoms with Crippen molar-refractivity contribution in [2.45, 2.75) is 218 Å². The molecule has 0 radical (unpaired) electrons. The molecule has 6 unspecified atom stereocenters. The second-order valence-electron chi connectivity index (χ2n) is 15.6. The summed E-state index contributed by atoms with van der Waals surface area (Å²) in [6.45, 7) is 3.93. The van der Waals surface area contributed by atoms with Gasteiger partial charge in [0.05, 0.1) is 19.8 Å². The largest absolute Gasteiger partial charge is 0.457 e. The number of hydrogen-bond donors (Lipinski definition) is 4. The second kappa shape index (κ2) is 37.1. The molecule has 1 saturated heterocycles. The first kappa shape index (κ1) is 54.3. The molecule has 0 saturated carbocycles. The zero-order chi connectivity index (χ0) is 42.5. The number of ether oxygens (including phenoxy) is 4. The molecule has 0 spiro atoms. The third-order valence-electron chi connectivity index (χ3n) is 10.2. The van der Waals surface area contributed by atoms with Crippen LogP contribution in [-0.4, -0.2) is 97.5 Å². The van der Waals surface area contributed by atoms with Crippen LogP contribution in [0.5, 0.6) is 0 Å². The molecule has 340 valence electrons. The molecule has 0 aromatic carbocycles. The van der Waals surface area contributed by atoms with Crippen molar-refractivity contribution >= 4 is 16.4 Å². The van der Waals surface area contributed by atoms with Gasteiger partial charge in [-0.3, -0.25) is 9.35 Å². The van der Waals surface area contributed by atoms with Gasteiger partial charge < -0.3 is 34.3 Å². The smallest absolute Gasteiger partial charge is 0.397 e. The van der Waals surface area contributed by atoms with E-state index in [0.717, 1.165) is 70.6 Å². The molecule has 1 rings (SSSR count). The average molecular weight is 847 g/mol. The van der Waals surface area contributed by atoms with Crippen molar-refractivity contribution < 1.29 is 56.2 Å². The van der Waals surface area contributed by atoms with Crippen molar-refractivity contribution in [3.8, 4) is 0 Å². The minimum absolute atomic E-state index is 0.0266. The Labute approximate surface area is 352 Å². The van der Waals surface area contributed by atoms with Crippen molar-refractivity contribution in [3.63, 3.8) is 0 Å². The van der Waals surface area contributed by atoms with E-state index in [1.807, 2.05) is 0 Å². The first-order chi connectivity index (χ1) is 28.1. The van der Waals surface area contributed by atoms with Gasteiger partial charge >= 0.3 is 16.4 Å². The third kappa shape index (κ3) is 30.4. The van der Waals surface area contributed by atoms with E-state index in [1.54, 1.807) is 0 Å². The molecule has 0 aliphatic carbocycles. The molecule has 6 atom stereocenters. The monoisotopic (exact) mass is 847 g/mol. The van der Waals surface area contributed by atoms with E-state index in [1.165, 1.54) is 83.5 Å². The van der Waals surface area contributed by atoms with E-state index in [0.29, 0.717) is 13.0 Å². The molecule has 13 heteroatoms. The summed E-state index contributed by atoms with van der Waals surface area (Å²) in [7, 11) is -5.06. The summed E-state index contributed by atoms with van der Waals surface area (Å²) in [5.41, 5.74) is 0. The number of rotatable bonds is 39. The zero-order valence-electron chi connectivity index (χ0n) is 36.1. The van der Waals surface area contributed by atoms with E-state index in [4.69, 9.17) is 23.5 Å². The van der Waals surface area contributed by atoms with Gasteiger partial charge in [-0.25, -0.2) is 4.18 Å². The Hall–Kier alpha value is -1.68. The summed E-state index contributed by atoms with van der Waals surface area (Å²) in [5, 5.41) is 30.6. The predicted molar refractivity (Wildman–Crippen MR) is 230 cm³/mol. The molecule has 0 bridgehead atoms. The van der Waals surface area contributed by atoms with Crippen LogP contribution in [0, 0.1) is 0 Å². The molecule has 0 aromatic rings. The number of aliphatic hydroxyl groups is 3. The Morgan fingerprint density at radius 3 is 1.67 bits per heavy atom. The number of hydrogen-bond acceptors (Lipinski definition) is 11. The Balaban J connectivity index is 2.45. The summed E-state index contributed by atoms with van der Waals surface area (Å²) in [6, 6.07) is 0. The van der Waals surface area contributed by atoms with Crippen LogP contribution in [0.25, 0.3) is 0 Å². The summed E-state index contributed by atoms with van der Waals surface area (Å²) in [4.78, 5) is 12.8. The van der Waals surface area contributed by atoms with Crippen LogP contribution in [0.3, 0.4) is 0 Å². The van der Waals surface area contributed by atoms with Gasteiger partial charge in [-0.2, -0.15) is 8.42 Å². The van der Waals surface area contributed by atoms with Gasteiger partial charge in [-0.15, -0.1) is 0 Å². The van der Waals surface area contributed by atoms with Crippen LogP contribution in [0.1, 0.15) is 181 Å². The van der Waals surface area contributed by atoms with Gasteiger partial charge in [-0.1, -0.05) is 140 Å². The number of allylic oxidation sites excluding steroid dienone is 6. The van der Waals surface area contributed by atoms with E-state index in [2.05, 4.69) is 54.5 Å². The van der Waals surface area contributed by atoms with Crippen LogP contribution in [0.15, 0.2) is 36.5 Å². The Morgan fingerprint density at radius 1 is 0.655 bits per heavy atom.